The highest BCUT2D eigenvalue weighted by atomic mass is 16.3. The van der Waals surface area contributed by atoms with Gasteiger partial charge in [-0.3, -0.25) is 0 Å². The third-order valence-corrected chi connectivity index (χ3v) is 9.37. The SMILES string of the molecule is Cc1cc(C)c(-c2cc3c4ccc5c6ccccc6oc5c4n4c3c(c2)c2ccc3c5ccccc5oc3c24)c(C)c1. The number of rotatable bonds is 1. The smallest absolute Gasteiger partial charge is 0.160 e. The molecule has 0 aliphatic rings. The Kier molecular flexibility index (Phi) is 4.01. The molecule has 0 unspecified atom stereocenters. The standard InChI is InChI=1S/C39H25NO2/c1-20-16-21(2)34(22(3)17-20)23-18-30-26-12-14-28-24-8-4-6-10-32(24)41-38(28)36(26)40-35(30)31(19-23)27-13-15-29-25-9-5-7-11-33(25)42-39(29)37(27)40/h4-19H,1-3H3. The summed E-state index contributed by atoms with van der Waals surface area (Å²) in [5.41, 5.74) is 13.5. The van der Waals surface area contributed by atoms with Crippen molar-refractivity contribution in [3.63, 3.8) is 0 Å². The highest BCUT2D eigenvalue weighted by Gasteiger charge is 2.25. The molecule has 0 amide bonds. The minimum absolute atomic E-state index is 0.907. The van der Waals surface area contributed by atoms with Gasteiger partial charge in [-0.05, 0) is 79.4 Å². The predicted octanol–water partition coefficient (Wildman–Crippen LogP) is 11.2. The summed E-state index contributed by atoms with van der Waals surface area (Å²) in [5, 5.41) is 9.41. The summed E-state index contributed by atoms with van der Waals surface area (Å²) in [6.07, 6.45) is 0. The van der Waals surface area contributed by atoms with Crippen LogP contribution in [-0.4, -0.2) is 4.40 Å². The van der Waals surface area contributed by atoms with Gasteiger partial charge in [0.1, 0.15) is 11.2 Å². The predicted molar refractivity (Wildman–Crippen MR) is 175 cm³/mol. The van der Waals surface area contributed by atoms with E-state index in [-0.39, 0.29) is 0 Å². The fourth-order valence-corrected chi connectivity index (χ4v) is 7.83. The molecule has 10 rings (SSSR count). The van der Waals surface area contributed by atoms with Crippen molar-refractivity contribution in [1.29, 1.82) is 0 Å². The Hall–Kier alpha value is -5.28. The molecule has 4 aromatic heterocycles. The number of benzene rings is 6. The Labute approximate surface area is 240 Å². The number of aromatic nitrogens is 1. The van der Waals surface area contributed by atoms with Crippen molar-refractivity contribution in [2.45, 2.75) is 20.8 Å². The maximum absolute atomic E-state index is 6.66. The van der Waals surface area contributed by atoms with Gasteiger partial charge in [-0.1, -0.05) is 66.2 Å². The van der Waals surface area contributed by atoms with Crippen LogP contribution in [0.15, 0.2) is 106 Å². The number of fused-ring (bicyclic) bond motifs is 14. The molecule has 0 saturated heterocycles. The van der Waals surface area contributed by atoms with Crippen LogP contribution < -0.4 is 0 Å². The summed E-state index contributed by atoms with van der Waals surface area (Å²) >= 11 is 0. The van der Waals surface area contributed by atoms with Crippen LogP contribution in [0.4, 0.5) is 0 Å². The second-order valence-corrected chi connectivity index (χ2v) is 11.9. The average Bonchev–Trinajstić information content (AvgIpc) is 3.72. The first-order chi connectivity index (χ1) is 20.6. The van der Waals surface area contributed by atoms with E-state index in [1.807, 2.05) is 12.1 Å². The van der Waals surface area contributed by atoms with Gasteiger partial charge in [-0.15, -0.1) is 0 Å². The van der Waals surface area contributed by atoms with Gasteiger partial charge in [-0.25, -0.2) is 0 Å². The lowest BCUT2D eigenvalue weighted by Crippen LogP contribution is -1.90. The van der Waals surface area contributed by atoms with Crippen LogP contribution in [-0.2, 0) is 0 Å². The maximum atomic E-state index is 6.66. The van der Waals surface area contributed by atoms with Crippen LogP contribution in [0.5, 0.6) is 0 Å². The molecule has 0 spiro atoms. The van der Waals surface area contributed by atoms with Crippen molar-refractivity contribution in [3.05, 3.63) is 114 Å². The molecule has 42 heavy (non-hydrogen) atoms. The summed E-state index contributed by atoms with van der Waals surface area (Å²) in [5.74, 6) is 0. The van der Waals surface area contributed by atoms with Gasteiger partial charge in [-0.2, -0.15) is 0 Å². The summed E-state index contributed by atoms with van der Waals surface area (Å²) in [6, 6.07) is 35.0. The van der Waals surface area contributed by atoms with Crippen molar-refractivity contribution in [2.24, 2.45) is 0 Å². The molecule has 0 N–H and O–H groups in total. The second-order valence-electron chi connectivity index (χ2n) is 11.9. The van der Waals surface area contributed by atoms with Crippen molar-refractivity contribution >= 4 is 82.0 Å². The Bertz CT molecular complexity index is 2590. The van der Waals surface area contributed by atoms with Crippen LogP contribution in [0.3, 0.4) is 0 Å². The highest BCUT2D eigenvalue weighted by molar-refractivity contribution is 6.32. The molecule has 0 atom stereocenters. The first kappa shape index (κ1) is 22.4. The molecule has 10 aromatic rings. The molecular weight excluding hydrogens is 514 g/mol. The monoisotopic (exact) mass is 539 g/mol. The first-order valence-electron chi connectivity index (χ1n) is 14.5. The zero-order valence-corrected chi connectivity index (χ0v) is 23.5. The number of furan rings is 2. The molecule has 6 aromatic carbocycles. The van der Waals surface area contributed by atoms with Gasteiger partial charge in [0.15, 0.2) is 11.2 Å². The van der Waals surface area contributed by atoms with Gasteiger partial charge in [0.2, 0.25) is 0 Å². The van der Waals surface area contributed by atoms with Gasteiger partial charge in [0.25, 0.3) is 0 Å². The van der Waals surface area contributed by atoms with Crippen LogP contribution >= 0.6 is 0 Å². The molecule has 0 aliphatic heterocycles. The molecule has 4 heterocycles. The zero-order chi connectivity index (χ0) is 27.9. The molecule has 3 nitrogen and oxygen atoms in total. The Morgan fingerprint density at radius 1 is 0.452 bits per heavy atom. The van der Waals surface area contributed by atoms with E-state index in [9.17, 15) is 0 Å². The summed E-state index contributed by atoms with van der Waals surface area (Å²) in [4.78, 5) is 0. The minimum atomic E-state index is 0.907. The van der Waals surface area contributed by atoms with Gasteiger partial charge < -0.3 is 13.2 Å². The molecule has 198 valence electrons. The lowest BCUT2D eigenvalue weighted by atomic mass is 9.91. The minimum Gasteiger partial charge on any atom is -0.454 e. The van der Waals surface area contributed by atoms with Gasteiger partial charge >= 0.3 is 0 Å². The van der Waals surface area contributed by atoms with Crippen LogP contribution in [0.1, 0.15) is 16.7 Å². The highest BCUT2D eigenvalue weighted by Crippen LogP contribution is 2.48. The normalized spacial score (nSPS) is 12.6. The van der Waals surface area contributed by atoms with E-state index in [0.29, 0.717) is 0 Å². The molecular formula is C39H25NO2. The van der Waals surface area contributed by atoms with Crippen molar-refractivity contribution < 1.29 is 8.83 Å². The van der Waals surface area contributed by atoms with Crippen molar-refractivity contribution in [3.8, 4) is 11.1 Å². The largest absolute Gasteiger partial charge is 0.454 e. The van der Waals surface area contributed by atoms with Gasteiger partial charge in [0, 0.05) is 43.1 Å². The second kappa shape index (κ2) is 7.51. The van der Waals surface area contributed by atoms with E-state index in [0.717, 1.165) is 54.9 Å². The quantitative estimate of drug-likeness (QED) is 0.208. The molecule has 0 radical (unpaired) electrons. The lowest BCUT2D eigenvalue weighted by Gasteiger charge is -2.12. The number of nitrogens with zero attached hydrogens (tertiary/aromatic N) is 1. The van der Waals surface area contributed by atoms with Crippen molar-refractivity contribution in [2.75, 3.05) is 0 Å². The molecule has 0 aliphatic carbocycles. The first-order valence-corrected chi connectivity index (χ1v) is 14.5. The maximum Gasteiger partial charge on any atom is 0.160 e. The van der Waals surface area contributed by atoms with E-state index >= 15 is 0 Å². The summed E-state index contributed by atoms with van der Waals surface area (Å²) in [6.45, 7) is 6.63. The van der Waals surface area contributed by atoms with E-state index < -0.39 is 0 Å². The van der Waals surface area contributed by atoms with E-state index in [1.54, 1.807) is 0 Å². The number of aryl methyl sites for hydroxylation is 3. The van der Waals surface area contributed by atoms with E-state index in [2.05, 4.69) is 110 Å². The third kappa shape index (κ3) is 2.62. The fourth-order valence-electron chi connectivity index (χ4n) is 7.83. The third-order valence-electron chi connectivity index (χ3n) is 9.37. The van der Waals surface area contributed by atoms with E-state index in [4.69, 9.17) is 8.83 Å². The Morgan fingerprint density at radius 2 is 0.929 bits per heavy atom. The number of hydrogen-bond donors (Lipinski definition) is 0. The lowest BCUT2D eigenvalue weighted by molar-refractivity contribution is 0.670. The molecule has 0 fully saturated rings. The van der Waals surface area contributed by atoms with Crippen LogP contribution in [0.2, 0.25) is 0 Å². The Balaban J connectivity index is 1.50. The van der Waals surface area contributed by atoms with E-state index in [1.165, 1.54) is 54.9 Å². The number of hydrogen-bond acceptors (Lipinski definition) is 2. The van der Waals surface area contributed by atoms with Gasteiger partial charge in [0.05, 0.1) is 16.6 Å². The topological polar surface area (TPSA) is 30.7 Å². The summed E-state index contributed by atoms with van der Waals surface area (Å²) < 4.78 is 15.7. The Morgan fingerprint density at radius 3 is 1.45 bits per heavy atom. The molecule has 0 bridgehead atoms. The fraction of sp³-hybridized carbons (Fsp3) is 0.0769. The van der Waals surface area contributed by atoms with Crippen LogP contribution in [0.25, 0.3) is 93.1 Å². The van der Waals surface area contributed by atoms with Crippen LogP contribution in [0, 0.1) is 20.8 Å². The number of para-hydroxylation sites is 2. The molecule has 3 heteroatoms. The van der Waals surface area contributed by atoms with Crippen molar-refractivity contribution in [1.82, 2.24) is 4.40 Å². The summed E-state index contributed by atoms with van der Waals surface area (Å²) in [7, 11) is 0. The molecule has 0 saturated carbocycles. The zero-order valence-electron chi connectivity index (χ0n) is 23.5. The average molecular weight is 540 g/mol.